The maximum atomic E-state index is 12.8. The van der Waals surface area contributed by atoms with Crippen molar-refractivity contribution in [2.45, 2.75) is 51.0 Å². The van der Waals surface area contributed by atoms with Crippen molar-refractivity contribution in [1.29, 1.82) is 0 Å². The van der Waals surface area contributed by atoms with Gasteiger partial charge in [0.15, 0.2) is 0 Å². The lowest BCUT2D eigenvalue weighted by Gasteiger charge is -2.38. The first kappa shape index (κ1) is 17.1. The number of urea groups is 1. The number of amides is 3. The number of nitrogens with zero attached hydrogens (tertiary/aromatic N) is 1. The minimum absolute atomic E-state index is 0.0725. The van der Waals surface area contributed by atoms with E-state index in [1.54, 1.807) is 18.2 Å². The fourth-order valence-electron chi connectivity index (χ4n) is 4.03. The van der Waals surface area contributed by atoms with Gasteiger partial charge in [0, 0.05) is 18.3 Å². The van der Waals surface area contributed by atoms with Gasteiger partial charge in [-0.25, -0.2) is 4.79 Å². The maximum Gasteiger partial charge on any atom is 0.322 e. The molecule has 0 bridgehead atoms. The summed E-state index contributed by atoms with van der Waals surface area (Å²) in [5.41, 5.74) is 6.10. The van der Waals surface area contributed by atoms with Crippen molar-refractivity contribution in [1.82, 2.24) is 4.90 Å². The van der Waals surface area contributed by atoms with E-state index in [-0.39, 0.29) is 16.6 Å². The van der Waals surface area contributed by atoms with Crippen molar-refractivity contribution in [3.63, 3.8) is 0 Å². The Morgan fingerprint density at radius 3 is 2.54 bits per heavy atom. The molecule has 3 rings (SSSR count). The molecule has 6 heteroatoms. The molecule has 5 nitrogen and oxygen atoms in total. The van der Waals surface area contributed by atoms with Crippen LogP contribution in [0.4, 0.5) is 10.5 Å². The Balaban J connectivity index is 1.73. The lowest BCUT2D eigenvalue weighted by atomic mass is 9.82. The summed E-state index contributed by atoms with van der Waals surface area (Å²) in [5.74, 6) is 0.0586. The summed E-state index contributed by atoms with van der Waals surface area (Å²) in [7, 11) is 0. The summed E-state index contributed by atoms with van der Waals surface area (Å²) < 4.78 is 0. The molecule has 0 spiro atoms. The van der Waals surface area contributed by atoms with Gasteiger partial charge in [-0.15, -0.1) is 0 Å². The van der Waals surface area contributed by atoms with Crippen molar-refractivity contribution >= 4 is 29.2 Å². The molecule has 130 valence electrons. The Labute approximate surface area is 147 Å². The summed E-state index contributed by atoms with van der Waals surface area (Å²) in [6.07, 6.45) is 8.29. The largest absolute Gasteiger partial charge is 0.366 e. The van der Waals surface area contributed by atoms with E-state index in [2.05, 4.69) is 5.32 Å². The van der Waals surface area contributed by atoms with Crippen LogP contribution in [0.3, 0.4) is 0 Å². The first-order valence-corrected chi connectivity index (χ1v) is 9.11. The zero-order chi connectivity index (χ0) is 17.1. The molecule has 3 N–H and O–H groups in total. The van der Waals surface area contributed by atoms with Gasteiger partial charge in [0.25, 0.3) is 0 Å². The first-order valence-electron chi connectivity index (χ1n) is 8.73. The van der Waals surface area contributed by atoms with Crippen molar-refractivity contribution < 1.29 is 9.59 Å². The molecule has 3 amide bonds. The lowest BCUT2D eigenvalue weighted by Crippen LogP contribution is -2.47. The number of hydrogen-bond donors (Lipinski definition) is 2. The standard InChI is InChI=1S/C18H24ClN3O2/c19-15-11-13(8-9-14(15)17(20)23)21-18(24)22-10-4-3-6-12-5-1-2-7-16(12)22/h8-9,11-12,16H,1-7,10H2,(H2,20,23)(H,21,24)/t12-,16+/m1/s1. The normalized spacial score (nSPS) is 24.0. The van der Waals surface area contributed by atoms with E-state index in [1.807, 2.05) is 4.90 Å². The van der Waals surface area contributed by atoms with Gasteiger partial charge in [0.05, 0.1) is 10.6 Å². The second-order valence-electron chi connectivity index (χ2n) is 6.79. The molecule has 1 saturated heterocycles. The Kier molecular flexibility index (Phi) is 5.29. The van der Waals surface area contributed by atoms with Crippen LogP contribution in [0.5, 0.6) is 0 Å². The van der Waals surface area contributed by atoms with Gasteiger partial charge in [-0.2, -0.15) is 0 Å². The van der Waals surface area contributed by atoms with Crippen molar-refractivity contribution in [2.24, 2.45) is 11.7 Å². The highest BCUT2D eigenvalue weighted by molar-refractivity contribution is 6.34. The van der Waals surface area contributed by atoms with Gasteiger partial charge >= 0.3 is 6.03 Å². The van der Waals surface area contributed by atoms with Crippen LogP contribution in [0.2, 0.25) is 5.02 Å². The monoisotopic (exact) mass is 349 g/mol. The molecule has 0 radical (unpaired) electrons. The molecular formula is C18H24ClN3O2. The third-order valence-electron chi connectivity index (χ3n) is 5.24. The highest BCUT2D eigenvalue weighted by Gasteiger charge is 2.34. The smallest absolute Gasteiger partial charge is 0.322 e. The van der Waals surface area contributed by atoms with E-state index >= 15 is 0 Å². The third kappa shape index (κ3) is 3.66. The van der Waals surface area contributed by atoms with E-state index in [0.29, 0.717) is 17.6 Å². The van der Waals surface area contributed by atoms with Crippen molar-refractivity contribution in [3.05, 3.63) is 28.8 Å². The second kappa shape index (κ2) is 7.43. The van der Waals surface area contributed by atoms with Crippen LogP contribution in [-0.2, 0) is 0 Å². The van der Waals surface area contributed by atoms with Gasteiger partial charge < -0.3 is 16.0 Å². The van der Waals surface area contributed by atoms with Crippen LogP contribution in [0.15, 0.2) is 18.2 Å². The quantitative estimate of drug-likeness (QED) is 0.846. The minimum Gasteiger partial charge on any atom is -0.366 e. The van der Waals surface area contributed by atoms with Crippen molar-refractivity contribution in [2.75, 3.05) is 11.9 Å². The number of carbonyl (C=O) groups is 2. The number of halogens is 1. The average molecular weight is 350 g/mol. The summed E-state index contributed by atoms with van der Waals surface area (Å²) in [5, 5.41) is 3.19. The summed E-state index contributed by atoms with van der Waals surface area (Å²) >= 11 is 6.06. The summed E-state index contributed by atoms with van der Waals surface area (Å²) in [4.78, 5) is 26.0. The average Bonchev–Trinajstić information content (AvgIpc) is 2.77. The van der Waals surface area contributed by atoms with E-state index in [0.717, 1.165) is 19.4 Å². The van der Waals surface area contributed by atoms with Gasteiger partial charge in [0.2, 0.25) is 5.91 Å². The number of primary amides is 1. The molecule has 1 aromatic carbocycles. The predicted molar refractivity (Wildman–Crippen MR) is 95.3 cm³/mol. The molecule has 2 atom stereocenters. The molecule has 0 aromatic heterocycles. The van der Waals surface area contributed by atoms with Crippen molar-refractivity contribution in [3.8, 4) is 0 Å². The maximum absolute atomic E-state index is 12.8. The molecule has 1 heterocycles. The number of fused-ring (bicyclic) bond motifs is 1. The van der Waals surface area contributed by atoms with E-state index < -0.39 is 5.91 Å². The Morgan fingerprint density at radius 1 is 1.12 bits per heavy atom. The molecule has 2 aliphatic rings. The van der Waals surface area contributed by atoms with Crippen LogP contribution >= 0.6 is 11.6 Å². The number of nitrogens with one attached hydrogen (secondary N) is 1. The Morgan fingerprint density at radius 2 is 1.83 bits per heavy atom. The number of hydrogen-bond acceptors (Lipinski definition) is 2. The number of nitrogens with two attached hydrogens (primary N) is 1. The number of anilines is 1. The van der Waals surface area contributed by atoms with E-state index in [4.69, 9.17) is 17.3 Å². The van der Waals surface area contributed by atoms with E-state index in [9.17, 15) is 9.59 Å². The fraction of sp³-hybridized carbons (Fsp3) is 0.556. The number of carbonyl (C=O) groups excluding carboxylic acids is 2. The summed E-state index contributed by atoms with van der Waals surface area (Å²) in [6, 6.07) is 5.07. The molecule has 24 heavy (non-hydrogen) atoms. The molecule has 0 unspecified atom stereocenters. The fourth-order valence-corrected chi connectivity index (χ4v) is 4.30. The highest BCUT2D eigenvalue weighted by atomic mass is 35.5. The van der Waals surface area contributed by atoms with Gasteiger partial charge in [-0.3, -0.25) is 4.79 Å². The van der Waals surface area contributed by atoms with Crippen LogP contribution in [-0.4, -0.2) is 29.4 Å². The predicted octanol–water partition coefficient (Wildman–Crippen LogP) is 4.02. The van der Waals surface area contributed by atoms with Crippen LogP contribution in [0, 0.1) is 5.92 Å². The molecule has 1 aromatic rings. The molecule has 2 fully saturated rings. The number of benzene rings is 1. The topological polar surface area (TPSA) is 75.4 Å². The zero-order valence-corrected chi connectivity index (χ0v) is 14.5. The molecule has 1 saturated carbocycles. The van der Waals surface area contributed by atoms with Crippen LogP contribution in [0.25, 0.3) is 0 Å². The Bertz CT molecular complexity index is 635. The van der Waals surface area contributed by atoms with Gasteiger partial charge in [-0.05, 0) is 49.8 Å². The highest BCUT2D eigenvalue weighted by Crippen LogP contribution is 2.35. The third-order valence-corrected chi connectivity index (χ3v) is 5.55. The Hall–Kier alpha value is -1.75. The number of rotatable bonds is 2. The first-order chi connectivity index (χ1) is 11.6. The van der Waals surface area contributed by atoms with Crippen LogP contribution < -0.4 is 11.1 Å². The van der Waals surface area contributed by atoms with Gasteiger partial charge in [0.1, 0.15) is 0 Å². The minimum atomic E-state index is -0.574. The zero-order valence-electron chi connectivity index (χ0n) is 13.8. The molecular weight excluding hydrogens is 326 g/mol. The summed E-state index contributed by atoms with van der Waals surface area (Å²) in [6.45, 7) is 0.806. The second-order valence-corrected chi connectivity index (χ2v) is 7.20. The molecule has 1 aliphatic heterocycles. The number of likely N-dealkylation sites (tertiary alicyclic amines) is 1. The van der Waals surface area contributed by atoms with E-state index in [1.165, 1.54) is 32.1 Å². The SMILES string of the molecule is NC(=O)c1ccc(NC(=O)N2CCCC[C@H]3CCCC[C@@H]32)cc1Cl. The van der Waals surface area contributed by atoms with Gasteiger partial charge in [-0.1, -0.05) is 30.9 Å². The lowest BCUT2D eigenvalue weighted by molar-refractivity contribution is 0.100. The molecule has 1 aliphatic carbocycles. The van der Waals surface area contributed by atoms with Crippen LogP contribution in [0.1, 0.15) is 55.3 Å².